The monoisotopic (exact) mass is 240 g/mol. The van der Waals surface area contributed by atoms with Crippen LogP contribution < -0.4 is 5.32 Å². The van der Waals surface area contributed by atoms with E-state index < -0.39 is 0 Å². The Kier molecular flexibility index (Phi) is 4.83. The first-order valence-corrected chi connectivity index (χ1v) is 7.29. The fourth-order valence-electron chi connectivity index (χ4n) is 3.14. The zero-order valence-electron chi connectivity index (χ0n) is 11.4. The minimum Gasteiger partial charge on any atom is -0.396 e. The van der Waals surface area contributed by atoms with Crippen molar-refractivity contribution in [2.24, 2.45) is 11.8 Å². The number of hydrogen-bond acceptors (Lipinski definition) is 3. The van der Waals surface area contributed by atoms with Gasteiger partial charge in [-0.2, -0.15) is 0 Å². The average molecular weight is 240 g/mol. The van der Waals surface area contributed by atoms with E-state index in [1.807, 2.05) is 0 Å². The summed E-state index contributed by atoms with van der Waals surface area (Å²) in [6.07, 6.45) is 5.05. The third-order valence-corrected chi connectivity index (χ3v) is 4.34. The van der Waals surface area contributed by atoms with Gasteiger partial charge in [-0.25, -0.2) is 0 Å². The number of nitrogens with zero attached hydrogens (tertiary/aromatic N) is 1. The summed E-state index contributed by atoms with van der Waals surface area (Å²) in [4.78, 5) is 2.68. The van der Waals surface area contributed by atoms with Crippen LogP contribution in [0.15, 0.2) is 0 Å². The van der Waals surface area contributed by atoms with Gasteiger partial charge in [0, 0.05) is 31.8 Å². The van der Waals surface area contributed by atoms with E-state index >= 15 is 0 Å². The van der Waals surface area contributed by atoms with Crippen molar-refractivity contribution in [2.45, 2.75) is 51.6 Å². The molecular formula is C14H28N2O. The van der Waals surface area contributed by atoms with Gasteiger partial charge in [0.1, 0.15) is 0 Å². The molecule has 0 spiro atoms. The van der Waals surface area contributed by atoms with Crippen LogP contribution in [0.3, 0.4) is 0 Å². The van der Waals surface area contributed by atoms with E-state index in [4.69, 9.17) is 5.11 Å². The number of rotatable bonds is 6. The van der Waals surface area contributed by atoms with Crippen molar-refractivity contribution < 1.29 is 5.11 Å². The van der Waals surface area contributed by atoms with Crippen molar-refractivity contribution in [2.75, 3.05) is 26.2 Å². The van der Waals surface area contributed by atoms with Crippen molar-refractivity contribution in [3.05, 3.63) is 0 Å². The minimum absolute atomic E-state index is 0.303. The summed E-state index contributed by atoms with van der Waals surface area (Å²) in [5.74, 6) is 1.77. The number of aliphatic hydroxyl groups excluding tert-OH is 1. The molecule has 3 heteroatoms. The molecule has 1 aliphatic heterocycles. The van der Waals surface area contributed by atoms with E-state index in [9.17, 15) is 0 Å². The Morgan fingerprint density at radius 2 is 2.12 bits per heavy atom. The third-order valence-electron chi connectivity index (χ3n) is 4.34. The van der Waals surface area contributed by atoms with Crippen LogP contribution in [0.4, 0.5) is 0 Å². The van der Waals surface area contributed by atoms with Crippen LogP contribution in [0.5, 0.6) is 0 Å². The minimum atomic E-state index is 0.303. The molecule has 0 aromatic heterocycles. The first-order valence-electron chi connectivity index (χ1n) is 7.29. The first-order chi connectivity index (χ1) is 8.20. The molecule has 1 saturated carbocycles. The largest absolute Gasteiger partial charge is 0.396 e. The maximum Gasteiger partial charge on any atom is 0.0443 e. The SMILES string of the molecule is CC1CC(NCCCO)CN(C(C)C2CC2)C1. The summed E-state index contributed by atoms with van der Waals surface area (Å²) in [5, 5.41) is 12.4. The van der Waals surface area contributed by atoms with Crippen LogP contribution in [-0.2, 0) is 0 Å². The zero-order chi connectivity index (χ0) is 12.3. The predicted octanol–water partition coefficient (Wildman–Crippen LogP) is 1.47. The molecule has 3 unspecified atom stereocenters. The van der Waals surface area contributed by atoms with Gasteiger partial charge in [0.25, 0.3) is 0 Å². The summed E-state index contributed by atoms with van der Waals surface area (Å²) >= 11 is 0. The summed E-state index contributed by atoms with van der Waals surface area (Å²) in [6.45, 7) is 8.51. The van der Waals surface area contributed by atoms with Crippen molar-refractivity contribution in [1.29, 1.82) is 0 Å². The third kappa shape index (κ3) is 3.94. The second kappa shape index (κ2) is 6.17. The standard InChI is InChI=1S/C14H28N2O/c1-11-8-14(15-6-3-7-17)10-16(9-11)12(2)13-4-5-13/h11-15,17H,3-10H2,1-2H3. The van der Waals surface area contributed by atoms with E-state index in [1.54, 1.807) is 0 Å². The molecule has 1 heterocycles. The number of nitrogens with one attached hydrogen (secondary N) is 1. The molecule has 3 nitrogen and oxygen atoms in total. The smallest absolute Gasteiger partial charge is 0.0443 e. The molecule has 2 fully saturated rings. The maximum atomic E-state index is 8.82. The van der Waals surface area contributed by atoms with E-state index in [0.717, 1.165) is 30.8 Å². The lowest BCUT2D eigenvalue weighted by Gasteiger charge is -2.40. The van der Waals surface area contributed by atoms with Crippen molar-refractivity contribution in [1.82, 2.24) is 10.2 Å². The molecule has 0 aromatic carbocycles. The van der Waals surface area contributed by atoms with Crippen LogP contribution in [0.1, 0.15) is 39.5 Å². The number of piperidine rings is 1. The highest BCUT2D eigenvalue weighted by atomic mass is 16.3. The lowest BCUT2D eigenvalue weighted by Crippen LogP contribution is -2.52. The summed E-state index contributed by atoms with van der Waals surface area (Å²) in [7, 11) is 0. The van der Waals surface area contributed by atoms with E-state index in [1.165, 1.54) is 32.4 Å². The second-order valence-electron chi connectivity index (χ2n) is 6.10. The Hall–Kier alpha value is -0.120. The highest BCUT2D eigenvalue weighted by molar-refractivity contribution is 4.90. The topological polar surface area (TPSA) is 35.5 Å². The van der Waals surface area contributed by atoms with Crippen LogP contribution >= 0.6 is 0 Å². The second-order valence-corrected chi connectivity index (χ2v) is 6.10. The molecule has 2 rings (SSSR count). The lowest BCUT2D eigenvalue weighted by atomic mass is 9.94. The zero-order valence-corrected chi connectivity index (χ0v) is 11.4. The Labute approximate surface area is 106 Å². The van der Waals surface area contributed by atoms with Gasteiger partial charge in [0.2, 0.25) is 0 Å². The Balaban J connectivity index is 1.78. The Morgan fingerprint density at radius 3 is 2.76 bits per heavy atom. The van der Waals surface area contributed by atoms with Crippen LogP contribution in [-0.4, -0.2) is 48.3 Å². The molecule has 1 aliphatic carbocycles. The molecule has 2 N–H and O–H groups in total. The van der Waals surface area contributed by atoms with Gasteiger partial charge in [-0.15, -0.1) is 0 Å². The van der Waals surface area contributed by atoms with E-state index in [0.29, 0.717) is 12.6 Å². The van der Waals surface area contributed by atoms with Crippen molar-refractivity contribution in [3.8, 4) is 0 Å². The highest BCUT2D eigenvalue weighted by Gasteiger charge is 2.35. The summed E-state index contributed by atoms with van der Waals surface area (Å²) < 4.78 is 0. The fourth-order valence-corrected chi connectivity index (χ4v) is 3.14. The number of aliphatic hydroxyl groups is 1. The van der Waals surface area contributed by atoms with Gasteiger partial charge in [-0.3, -0.25) is 4.90 Å². The van der Waals surface area contributed by atoms with Gasteiger partial charge in [-0.05, 0) is 51.0 Å². The van der Waals surface area contributed by atoms with Crippen LogP contribution in [0.2, 0.25) is 0 Å². The van der Waals surface area contributed by atoms with Gasteiger partial charge < -0.3 is 10.4 Å². The highest BCUT2D eigenvalue weighted by Crippen LogP contribution is 2.36. The predicted molar refractivity (Wildman–Crippen MR) is 71.0 cm³/mol. The quantitative estimate of drug-likeness (QED) is 0.690. The molecule has 17 heavy (non-hydrogen) atoms. The normalized spacial score (nSPS) is 32.6. The molecule has 0 aromatic rings. The van der Waals surface area contributed by atoms with Gasteiger partial charge in [0.15, 0.2) is 0 Å². The van der Waals surface area contributed by atoms with Crippen molar-refractivity contribution >= 4 is 0 Å². The van der Waals surface area contributed by atoms with Gasteiger partial charge in [-0.1, -0.05) is 6.92 Å². The van der Waals surface area contributed by atoms with Crippen LogP contribution in [0, 0.1) is 11.8 Å². The Morgan fingerprint density at radius 1 is 1.35 bits per heavy atom. The van der Waals surface area contributed by atoms with E-state index in [2.05, 4.69) is 24.1 Å². The first kappa shape index (κ1) is 13.3. The van der Waals surface area contributed by atoms with Gasteiger partial charge in [0.05, 0.1) is 0 Å². The van der Waals surface area contributed by atoms with E-state index in [-0.39, 0.29) is 0 Å². The molecular weight excluding hydrogens is 212 g/mol. The molecule has 0 amide bonds. The van der Waals surface area contributed by atoms with Crippen molar-refractivity contribution in [3.63, 3.8) is 0 Å². The van der Waals surface area contributed by atoms with Crippen LogP contribution in [0.25, 0.3) is 0 Å². The molecule has 0 bridgehead atoms. The lowest BCUT2D eigenvalue weighted by molar-refractivity contribution is 0.1000. The molecule has 100 valence electrons. The summed E-state index contributed by atoms with van der Waals surface area (Å²) in [6, 6.07) is 1.41. The number of likely N-dealkylation sites (tertiary alicyclic amines) is 1. The average Bonchev–Trinajstić information content (AvgIpc) is 3.11. The molecule has 0 radical (unpaired) electrons. The maximum absolute atomic E-state index is 8.82. The molecule has 2 aliphatic rings. The number of hydrogen-bond donors (Lipinski definition) is 2. The molecule has 3 atom stereocenters. The van der Waals surface area contributed by atoms with Gasteiger partial charge >= 0.3 is 0 Å². The fraction of sp³-hybridized carbons (Fsp3) is 1.00. The summed E-state index contributed by atoms with van der Waals surface area (Å²) in [5.41, 5.74) is 0. The Bertz CT molecular complexity index is 230. The molecule has 1 saturated heterocycles.